The monoisotopic (exact) mass is 221 g/mol. The number of hydrogen-bond acceptors (Lipinski definition) is 4. The molecule has 0 aliphatic carbocycles. The third-order valence-electron chi connectivity index (χ3n) is 3.14. The molecule has 0 aromatic carbocycles. The molecule has 84 valence electrons. The fraction of sp³-hybridized carbons (Fsp3) is 0.455. The van der Waals surface area contributed by atoms with Gasteiger partial charge in [0.1, 0.15) is 0 Å². The SMILES string of the molecule is O=Cc1ccc2n(c1=O)CCC21OCCO1. The van der Waals surface area contributed by atoms with Gasteiger partial charge in [0, 0.05) is 13.0 Å². The summed E-state index contributed by atoms with van der Waals surface area (Å²) in [4.78, 5) is 22.5. The summed E-state index contributed by atoms with van der Waals surface area (Å²) in [6, 6.07) is 3.27. The molecule has 5 nitrogen and oxygen atoms in total. The van der Waals surface area contributed by atoms with E-state index in [-0.39, 0.29) is 11.1 Å². The zero-order valence-electron chi connectivity index (χ0n) is 8.64. The Morgan fingerprint density at radius 1 is 1.31 bits per heavy atom. The lowest BCUT2D eigenvalue weighted by Crippen LogP contribution is -2.28. The van der Waals surface area contributed by atoms with Gasteiger partial charge in [0.2, 0.25) is 5.79 Å². The number of aldehydes is 1. The number of fused-ring (bicyclic) bond motifs is 2. The lowest BCUT2D eigenvalue weighted by molar-refractivity contribution is -0.163. The first-order chi connectivity index (χ1) is 7.77. The number of carbonyl (C=O) groups is 1. The van der Waals surface area contributed by atoms with Gasteiger partial charge >= 0.3 is 0 Å². The van der Waals surface area contributed by atoms with Crippen molar-refractivity contribution in [1.82, 2.24) is 4.57 Å². The zero-order chi connectivity index (χ0) is 11.2. The number of carbonyl (C=O) groups excluding carboxylic acids is 1. The van der Waals surface area contributed by atoms with Crippen molar-refractivity contribution in [1.29, 1.82) is 0 Å². The van der Waals surface area contributed by atoms with Gasteiger partial charge < -0.3 is 14.0 Å². The molecule has 0 saturated carbocycles. The highest BCUT2D eigenvalue weighted by Gasteiger charge is 2.45. The maximum Gasteiger partial charge on any atom is 0.261 e. The van der Waals surface area contributed by atoms with Gasteiger partial charge in [-0.15, -0.1) is 0 Å². The number of aromatic nitrogens is 1. The van der Waals surface area contributed by atoms with E-state index in [4.69, 9.17) is 9.47 Å². The van der Waals surface area contributed by atoms with E-state index in [0.717, 1.165) is 5.69 Å². The first-order valence-corrected chi connectivity index (χ1v) is 5.24. The Balaban J connectivity index is 2.18. The van der Waals surface area contributed by atoms with Gasteiger partial charge in [0.15, 0.2) is 6.29 Å². The van der Waals surface area contributed by atoms with Gasteiger partial charge in [0.05, 0.1) is 24.5 Å². The highest BCUT2D eigenvalue weighted by molar-refractivity contribution is 5.74. The van der Waals surface area contributed by atoms with Crippen molar-refractivity contribution >= 4 is 6.29 Å². The lowest BCUT2D eigenvalue weighted by atomic mass is 10.1. The molecule has 1 spiro atoms. The highest BCUT2D eigenvalue weighted by atomic mass is 16.7. The van der Waals surface area contributed by atoms with Gasteiger partial charge in [-0.2, -0.15) is 0 Å². The normalized spacial score (nSPS) is 21.2. The minimum Gasteiger partial charge on any atom is -0.342 e. The summed E-state index contributed by atoms with van der Waals surface area (Å²) in [7, 11) is 0. The molecule has 3 heterocycles. The number of ether oxygens (including phenoxy) is 2. The minimum absolute atomic E-state index is 0.179. The maximum absolute atomic E-state index is 11.9. The molecule has 0 bridgehead atoms. The smallest absolute Gasteiger partial charge is 0.261 e. The van der Waals surface area contributed by atoms with Crippen molar-refractivity contribution in [2.24, 2.45) is 0 Å². The van der Waals surface area contributed by atoms with E-state index < -0.39 is 5.79 Å². The molecule has 2 aliphatic rings. The van der Waals surface area contributed by atoms with Crippen LogP contribution in [0.1, 0.15) is 22.5 Å². The number of hydrogen-bond donors (Lipinski definition) is 0. The van der Waals surface area contributed by atoms with Crippen LogP contribution in [-0.4, -0.2) is 24.1 Å². The second kappa shape index (κ2) is 3.26. The summed E-state index contributed by atoms with van der Waals surface area (Å²) < 4.78 is 12.7. The molecule has 1 aromatic rings. The van der Waals surface area contributed by atoms with Gasteiger partial charge in [-0.05, 0) is 12.1 Å². The van der Waals surface area contributed by atoms with E-state index in [9.17, 15) is 9.59 Å². The molecular formula is C11H11NO4. The molecular weight excluding hydrogens is 210 g/mol. The highest BCUT2D eigenvalue weighted by Crippen LogP contribution is 2.38. The molecule has 1 fully saturated rings. The molecule has 0 N–H and O–H groups in total. The largest absolute Gasteiger partial charge is 0.342 e. The van der Waals surface area contributed by atoms with E-state index in [2.05, 4.69) is 0 Å². The molecule has 3 rings (SSSR count). The summed E-state index contributed by atoms with van der Waals surface area (Å²) in [5.74, 6) is -0.749. The lowest BCUT2D eigenvalue weighted by Gasteiger charge is -2.21. The van der Waals surface area contributed by atoms with Crippen LogP contribution in [-0.2, 0) is 21.8 Å². The van der Waals surface area contributed by atoms with Crippen LogP contribution in [0, 0.1) is 0 Å². The standard InChI is InChI=1S/C11H11NO4/c13-7-8-1-2-9-11(15-5-6-16-11)3-4-12(9)10(8)14/h1-2,7H,3-6H2. The van der Waals surface area contributed by atoms with Crippen molar-refractivity contribution in [3.63, 3.8) is 0 Å². The van der Waals surface area contributed by atoms with Crippen molar-refractivity contribution in [3.8, 4) is 0 Å². The molecule has 0 unspecified atom stereocenters. The van der Waals surface area contributed by atoms with Crippen LogP contribution in [0.2, 0.25) is 0 Å². The summed E-state index contributed by atoms with van der Waals surface area (Å²) in [6.07, 6.45) is 1.21. The molecule has 0 amide bonds. The van der Waals surface area contributed by atoms with Gasteiger partial charge in [-0.3, -0.25) is 9.59 Å². The van der Waals surface area contributed by atoms with Crippen LogP contribution in [0.3, 0.4) is 0 Å². The summed E-state index contributed by atoms with van der Waals surface area (Å²) in [5, 5.41) is 0. The molecule has 5 heteroatoms. The fourth-order valence-corrected chi connectivity index (χ4v) is 2.37. The summed E-state index contributed by atoms with van der Waals surface area (Å²) >= 11 is 0. The van der Waals surface area contributed by atoms with Crippen LogP contribution < -0.4 is 5.56 Å². The Hall–Kier alpha value is -1.46. The van der Waals surface area contributed by atoms with Crippen LogP contribution >= 0.6 is 0 Å². The van der Waals surface area contributed by atoms with Gasteiger partial charge in [0.25, 0.3) is 5.56 Å². The predicted octanol–water partition coefficient (Wildman–Crippen LogP) is 0.264. The van der Waals surface area contributed by atoms with Gasteiger partial charge in [-0.1, -0.05) is 0 Å². The number of nitrogens with zero attached hydrogens (tertiary/aromatic N) is 1. The van der Waals surface area contributed by atoms with Crippen LogP contribution in [0.25, 0.3) is 0 Å². The third-order valence-corrected chi connectivity index (χ3v) is 3.14. The van der Waals surface area contributed by atoms with Crippen LogP contribution in [0.15, 0.2) is 16.9 Å². The van der Waals surface area contributed by atoms with Crippen molar-refractivity contribution in [2.45, 2.75) is 18.8 Å². The zero-order valence-corrected chi connectivity index (χ0v) is 8.64. The van der Waals surface area contributed by atoms with Crippen molar-refractivity contribution in [3.05, 3.63) is 33.7 Å². The van der Waals surface area contributed by atoms with E-state index in [0.29, 0.717) is 32.5 Å². The first kappa shape index (κ1) is 9.74. The Kier molecular flexibility index (Phi) is 1.99. The Bertz CT molecular complexity index is 499. The summed E-state index contributed by atoms with van der Waals surface area (Å²) in [6.45, 7) is 1.63. The third kappa shape index (κ3) is 1.12. The second-order valence-corrected chi connectivity index (χ2v) is 3.95. The second-order valence-electron chi connectivity index (χ2n) is 3.95. The molecule has 1 saturated heterocycles. The topological polar surface area (TPSA) is 57.5 Å². The molecule has 2 aliphatic heterocycles. The maximum atomic E-state index is 11.9. The van der Waals surface area contributed by atoms with Gasteiger partial charge in [-0.25, -0.2) is 0 Å². The van der Waals surface area contributed by atoms with E-state index in [1.54, 1.807) is 10.6 Å². The molecule has 16 heavy (non-hydrogen) atoms. The van der Waals surface area contributed by atoms with E-state index >= 15 is 0 Å². The number of pyridine rings is 1. The quantitative estimate of drug-likeness (QED) is 0.638. The summed E-state index contributed by atoms with van der Waals surface area (Å²) in [5.41, 5.74) is 0.642. The Morgan fingerprint density at radius 2 is 2.06 bits per heavy atom. The minimum atomic E-state index is -0.749. The average Bonchev–Trinajstić information content (AvgIpc) is 2.90. The van der Waals surface area contributed by atoms with Crippen molar-refractivity contribution in [2.75, 3.05) is 13.2 Å². The van der Waals surface area contributed by atoms with Crippen molar-refractivity contribution < 1.29 is 14.3 Å². The Morgan fingerprint density at radius 3 is 2.75 bits per heavy atom. The first-order valence-electron chi connectivity index (χ1n) is 5.24. The van der Waals surface area contributed by atoms with Crippen LogP contribution in [0.5, 0.6) is 0 Å². The van der Waals surface area contributed by atoms with Crippen LogP contribution in [0.4, 0.5) is 0 Å². The average molecular weight is 221 g/mol. The number of rotatable bonds is 1. The van der Waals surface area contributed by atoms with E-state index in [1.807, 2.05) is 0 Å². The fourth-order valence-electron chi connectivity index (χ4n) is 2.37. The molecule has 0 atom stereocenters. The Labute approximate surface area is 91.6 Å². The van der Waals surface area contributed by atoms with E-state index in [1.165, 1.54) is 6.07 Å². The molecule has 1 aromatic heterocycles. The predicted molar refractivity (Wildman–Crippen MR) is 54.3 cm³/mol. The molecule has 0 radical (unpaired) electrons.